The quantitative estimate of drug-likeness (QED) is 0.514. The average molecular weight is 334 g/mol. The lowest BCUT2D eigenvalue weighted by Gasteiger charge is -2.07. The highest BCUT2D eigenvalue weighted by atomic mass is 19.4. The van der Waals surface area contributed by atoms with Gasteiger partial charge in [-0.2, -0.15) is 18.4 Å². The van der Waals surface area contributed by atoms with E-state index in [1.165, 1.54) is 24.3 Å². The van der Waals surface area contributed by atoms with Gasteiger partial charge in [0.2, 0.25) is 0 Å². The number of carbonyl (C=O) groups is 1. The number of hydrogen-bond donors (Lipinski definition) is 1. The molecular formula is C17H10F4N2O. The zero-order valence-corrected chi connectivity index (χ0v) is 12.1. The molecule has 24 heavy (non-hydrogen) atoms. The van der Waals surface area contributed by atoms with Crippen LogP contribution in [0.1, 0.15) is 11.1 Å². The summed E-state index contributed by atoms with van der Waals surface area (Å²) in [5.74, 6) is -1.30. The molecule has 0 saturated heterocycles. The Morgan fingerprint density at radius 1 is 1.12 bits per heavy atom. The fraction of sp³-hybridized carbons (Fsp3) is 0.0588. The van der Waals surface area contributed by atoms with E-state index in [-0.39, 0.29) is 16.8 Å². The summed E-state index contributed by atoms with van der Waals surface area (Å²) in [7, 11) is 0. The molecule has 0 spiro atoms. The van der Waals surface area contributed by atoms with Gasteiger partial charge in [-0.05, 0) is 48.0 Å². The van der Waals surface area contributed by atoms with Crippen molar-refractivity contribution in [1.29, 1.82) is 5.26 Å². The SMILES string of the molecule is N#C/C(=C\c1cccc(C(F)(F)F)c1)C(=O)Nc1ccc(F)cc1. The van der Waals surface area contributed by atoms with Gasteiger partial charge in [-0.3, -0.25) is 4.79 Å². The highest BCUT2D eigenvalue weighted by molar-refractivity contribution is 6.09. The Morgan fingerprint density at radius 2 is 1.79 bits per heavy atom. The van der Waals surface area contributed by atoms with E-state index in [1.807, 2.05) is 0 Å². The van der Waals surface area contributed by atoms with Crippen molar-refractivity contribution >= 4 is 17.7 Å². The van der Waals surface area contributed by atoms with Crippen LogP contribution in [0.25, 0.3) is 6.08 Å². The molecule has 2 aromatic carbocycles. The molecule has 0 atom stereocenters. The third-order valence-electron chi connectivity index (χ3n) is 2.99. The van der Waals surface area contributed by atoms with Gasteiger partial charge in [-0.1, -0.05) is 12.1 Å². The number of carbonyl (C=O) groups excluding carboxylic acids is 1. The van der Waals surface area contributed by atoms with E-state index in [9.17, 15) is 22.4 Å². The zero-order valence-electron chi connectivity index (χ0n) is 12.1. The summed E-state index contributed by atoms with van der Waals surface area (Å²) < 4.78 is 50.8. The summed E-state index contributed by atoms with van der Waals surface area (Å²) in [4.78, 5) is 12.0. The number of rotatable bonds is 3. The van der Waals surface area contributed by atoms with Crippen molar-refractivity contribution in [3.05, 3.63) is 71.0 Å². The van der Waals surface area contributed by atoms with E-state index in [4.69, 9.17) is 5.26 Å². The predicted molar refractivity (Wildman–Crippen MR) is 80.1 cm³/mol. The standard InChI is InChI=1S/C17H10F4N2O/c18-14-4-6-15(7-5-14)23-16(24)12(10-22)8-11-2-1-3-13(9-11)17(19,20)21/h1-9H,(H,23,24)/b12-8+. The van der Waals surface area contributed by atoms with Crippen LogP contribution in [0.15, 0.2) is 54.1 Å². The maximum absolute atomic E-state index is 12.8. The number of nitrogens with zero attached hydrogens (tertiary/aromatic N) is 1. The van der Waals surface area contributed by atoms with Crippen molar-refractivity contribution in [1.82, 2.24) is 0 Å². The van der Waals surface area contributed by atoms with Crippen molar-refractivity contribution in [2.24, 2.45) is 0 Å². The van der Waals surface area contributed by atoms with E-state index >= 15 is 0 Å². The maximum atomic E-state index is 12.8. The smallest absolute Gasteiger partial charge is 0.321 e. The lowest BCUT2D eigenvalue weighted by atomic mass is 10.1. The molecule has 0 aliphatic rings. The van der Waals surface area contributed by atoms with Gasteiger partial charge in [0, 0.05) is 5.69 Å². The van der Waals surface area contributed by atoms with Gasteiger partial charge in [0.25, 0.3) is 5.91 Å². The Bertz CT molecular complexity index is 818. The molecule has 3 nitrogen and oxygen atoms in total. The van der Waals surface area contributed by atoms with Crippen LogP contribution < -0.4 is 5.32 Å². The van der Waals surface area contributed by atoms with E-state index in [0.717, 1.165) is 30.3 Å². The van der Waals surface area contributed by atoms with Crippen molar-refractivity contribution in [2.75, 3.05) is 5.32 Å². The molecule has 2 rings (SSSR count). The van der Waals surface area contributed by atoms with Crippen LogP contribution in [0.4, 0.5) is 23.2 Å². The minimum absolute atomic E-state index is 0.0654. The van der Waals surface area contributed by atoms with Gasteiger partial charge < -0.3 is 5.32 Å². The largest absolute Gasteiger partial charge is 0.416 e. The van der Waals surface area contributed by atoms with Crippen molar-refractivity contribution in [3.63, 3.8) is 0 Å². The normalized spacial score (nSPS) is 11.7. The first-order chi connectivity index (χ1) is 11.3. The van der Waals surface area contributed by atoms with E-state index in [2.05, 4.69) is 5.32 Å². The highest BCUT2D eigenvalue weighted by Crippen LogP contribution is 2.30. The number of amides is 1. The van der Waals surface area contributed by atoms with Crippen molar-refractivity contribution in [3.8, 4) is 6.07 Å². The molecule has 0 heterocycles. The Morgan fingerprint density at radius 3 is 2.38 bits per heavy atom. The number of benzene rings is 2. The molecule has 0 aliphatic heterocycles. The maximum Gasteiger partial charge on any atom is 0.416 e. The van der Waals surface area contributed by atoms with Gasteiger partial charge in [-0.25, -0.2) is 4.39 Å². The number of nitriles is 1. The Balaban J connectivity index is 2.24. The lowest BCUT2D eigenvalue weighted by Crippen LogP contribution is -2.13. The van der Waals surface area contributed by atoms with Crippen LogP contribution >= 0.6 is 0 Å². The van der Waals surface area contributed by atoms with E-state index in [0.29, 0.717) is 0 Å². The highest BCUT2D eigenvalue weighted by Gasteiger charge is 2.30. The second-order valence-corrected chi connectivity index (χ2v) is 4.75. The molecule has 2 aromatic rings. The number of alkyl halides is 3. The first-order valence-electron chi connectivity index (χ1n) is 6.65. The van der Waals surface area contributed by atoms with E-state index in [1.54, 1.807) is 6.07 Å². The second kappa shape index (κ2) is 6.96. The number of hydrogen-bond acceptors (Lipinski definition) is 2. The van der Waals surface area contributed by atoms with Crippen molar-refractivity contribution < 1.29 is 22.4 Å². The monoisotopic (exact) mass is 334 g/mol. The van der Waals surface area contributed by atoms with E-state index < -0.39 is 23.5 Å². The first kappa shape index (κ1) is 17.2. The molecule has 0 unspecified atom stereocenters. The molecule has 122 valence electrons. The van der Waals surface area contributed by atoms with Gasteiger partial charge in [0.05, 0.1) is 5.56 Å². The second-order valence-electron chi connectivity index (χ2n) is 4.75. The first-order valence-corrected chi connectivity index (χ1v) is 6.65. The lowest BCUT2D eigenvalue weighted by molar-refractivity contribution is -0.137. The Kier molecular flexibility index (Phi) is 4.99. The summed E-state index contributed by atoms with van der Waals surface area (Å²) in [6.45, 7) is 0. The molecule has 0 fully saturated rings. The van der Waals surface area contributed by atoms with Crippen LogP contribution in [-0.2, 0) is 11.0 Å². The molecule has 0 aromatic heterocycles. The minimum atomic E-state index is -4.52. The van der Waals surface area contributed by atoms with Crippen LogP contribution in [0.2, 0.25) is 0 Å². The van der Waals surface area contributed by atoms with Crippen LogP contribution in [-0.4, -0.2) is 5.91 Å². The summed E-state index contributed by atoms with van der Waals surface area (Å²) >= 11 is 0. The fourth-order valence-electron chi connectivity index (χ4n) is 1.85. The minimum Gasteiger partial charge on any atom is -0.321 e. The van der Waals surface area contributed by atoms with Crippen molar-refractivity contribution in [2.45, 2.75) is 6.18 Å². The van der Waals surface area contributed by atoms with Crippen LogP contribution in [0.5, 0.6) is 0 Å². The number of nitrogens with one attached hydrogen (secondary N) is 1. The summed E-state index contributed by atoms with van der Waals surface area (Å²) in [6, 6.07) is 10.7. The third-order valence-corrected chi connectivity index (χ3v) is 2.99. The Hall–Kier alpha value is -3.14. The Labute approximate surface area is 134 Å². The van der Waals surface area contributed by atoms with Crippen LogP contribution in [0.3, 0.4) is 0 Å². The van der Waals surface area contributed by atoms with Crippen LogP contribution in [0, 0.1) is 17.1 Å². The van der Waals surface area contributed by atoms with Gasteiger partial charge in [0.15, 0.2) is 0 Å². The van der Waals surface area contributed by atoms with Gasteiger partial charge >= 0.3 is 6.18 Å². The number of anilines is 1. The molecule has 1 N–H and O–H groups in total. The molecule has 0 aliphatic carbocycles. The number of halogens is 4. The molecule has 0 radical (unpaired) electrons. The predicted octanol–water partition coefficient (Wildman–Crippen LogP) is 4.39. The molecule has 0 saturated carbocycles. The summed E-state index contributed by atoms with van der Waals surface area (Å²) in [5.41, 5.74) is -0.937. The summed E-state index contributed by atoms with van der Waals surface area (Å²) in [6.07, 6.45) is -3.47. The molecule has 1 amide bonds. The zero-order chi connectivity index (χ0) is 17.7. The van der Waals surface area contributed by atoms with Gasteiger partial charge in [0.1, 0.15) is 17.5 Å². The van der Waals surface area contributed by atoms with Gasteiger partial charge in [-0.15, -0.1) is 0 Å². The summed E-state index contributed by atoms with van der Waals surface area (Å²) in [5, 5.41) is 11.4. The molecule has 0 bridgehead atoms. The average Bonchev–Trinajstić information content (AvgIpc) is 2.54. The third kappa shape index (κ3) is 4.43. The molecule has 7 heteroatoms. The topological polar surface area (TPSA) is 52.9 Å². The molecular weight excluding hydrogens is 324 g/mol. The fourth-order valence-corrected chi connectivity index (χ4v) is 1.85.